The molecule has 1 aliphatic rings. The van der Waals surface area contributed by atoms with Crippen molar-refractivity contribution in [1.82, 2.24) is 10.4 Å². The van der Waals surface area contributed by atoms with Gasteiger partial charge < -0.3 is 10.4 Å². The molecule has 17 heavy (non-hydrogen) atoms. The topological polar surface area (TPSA) is 72.8 Å². The molecule has 0 fully saturated rings. The molecule has 0 bridgehead atoms. The van der Waals surface area contributed by atoms with Gasteiger partial charge in [0.05, 0.1) is 6.54 Å². The van der Waals surface area contributed by atoms with Crippen LogP contribution in [0, 0.1) is 0 Å². The van der Waals surface area contributed by atoms with Crippen LogP contribution in [0.3, 0.4) is 0 Å². The van der Waals surface area contributed by atoms with E-state index in [4.69, 9.17) is 5.11 Å². The first kappa shape index (κ1) is 13.9. The fourth-order valence-corrected chi connectivity index (χ4v) is 2.10. The molecule has 96 valence electrons. The molecule has 0 aromatic heterocycles. The summed E-state index contributed by atoms with van der Waals surface area (Å²) >= 11 is 1.70. The van der Waals surface area contributed by atoms with Gasteiger partial charge in [-0.3, -0.25) is 5.21 Å². The molecule has 3 N–H and O–H groups in total. The van der Waals surface area contributed by atoms with Crippen LogP contribution in [-0.4, -0.2) is 45.4 Å². The Hall–Kier alpha value is -1.14. The Morgan fingerprint density at radius 3 is 3.06 bits per heavy atom. The summed E-state index contributed by atoms with van der Waals surface area (Å²) in [6, 6.07) is -0.665. The van der Waals surface area contributed by atoms with Crippen molar-refractivity contribution in [3.63, 3.8) is 0 Å². The Morgan fingerprint density at radius 2 is 2.47 bits per heavy atom. The van der Waals surface area contributed by atoms with Gasteiger partial charge in [0.25, 0.3) is 0 Å². The molecule has 0 aromatic carbocycles. The van der Waals surface area contributed by atoms with E-state index in [9.17, 15) is 10.0 Å². The van der Waals surface area contributed by atoms with E-state index < -0.39 is 12.0 Å². The number of rotatable bonds is 7. The minimum atomic E-state index is -0.898. The highest BCUT2D eigenvalue weighted by molar-refractivity contribution is 7.99. The van der Waals surface area contributed by atoms with E-state index in [-0.39, 0.29) is 0 Å². The molecule has 0 aliphatic carbocycles. The molecule has 0 radical (unpaired) electrons. The summed E-state index contributed by atoms with van der Waals surface area (Å²) in [6.45, 7) is 2.41. The van der Waals surface area contributed by atoms with Crippen molar-refractivity contribution >= 4 is 17.7 Å². The smallest absolute Gasteiger partial charge is 0.326 e. The molecule has 0 saturated heterocycles. The first-order valence-corrected chi connectivity index (χ1v) is 6.71. The Morgan fingerprint density at radius 1 is 1.71 bits per heavy atom. The maximum Gasteiger partial charge on any atom is 0.326 e. The number of hydrogen-bond acceptors (Lipinski definition) is 5. The molecule has 0 amide bonds. The summed E-state index contributed by atoms with van der Waals surface area (Å²) in [6.07, 6.45) is 5.76. The van der Waals surface area contributed by atoms with Gasteiger partial charge in [0.2, 0.25) is 0 Å². The molecule has 5 nitrogen and oxygen atoms in total. The minimum Gasteiger partial charge on any atom is -0.480 e. The predicted molar refractivity (Wildman–Crippen MR) is 67.9 cm³/mol. The quantitative estimate of drug-likeness (QED) is 0.597. The van der Waals surface area contributed by atoms with Gasteiger partial charge in [-0.1, -0.05) is 19.1 Å². The number of carboxylic acids is 1. The number of allylic oxidation sites excluding steroid dienone is 2. The number of nitrogens with zero attached hydrogens (tertiary/aromatic N) is 1. The second-order valence-corrected chi connectivity index (χ2v) is 4.98. The van der Waals surface area contributed by atoms with Crippen molar-refractivity contribution in [3.05, 3.63) is 24.0 Å². The number of nitrogens with one attached hydrogen (secondary N) is 1. The summed E-state index contributed by atoms with van der Waals surface area (Å²) in [7, 11) is 0. The van der Waals surface area contributed by atoms with Crippen LogP contribution in [0.5, 0.6) is 0 Å². The van der Waals surface area contributed by atoms with Crippen LogP contribution in [-0.2, 0) is 4.79 Å². The predicted octanol–water partition coefficient (Wildman–Crippen LogP) is 1.27. The lowest BCUT2D eigenvalue weighted by Crippen LogP contribution is -2.42. The van der Waals surface area contributed by atoms with Crippen LogP contribution in [0.1, 0.15) is 13.3 Å². The van der Waals surface area contributed by atoms with Crippen molar-refractivity contribution in [2.75, 3.05) is 18.1 Å². The van der Waals surface area contributed by atoms with Crippen molar-refractivity contribution in [2.45, 2.75) is 19.4 Å². The Balaban J connectivity index is 2.51. The second-order valence-electron chi connectivity index (χ2n) is 3.58. The lowest BCUT2D eigenvalue weighted by Gasteiger charge is -2.25. The van der Waals surface area contributed by atoms with Crippen molar-refractivity contribution in [2.24, 2.45) is 0 Å². The summed E-state index contributed by atoms with van der Waals surface area (Å²) in [5, 5.41) is 22.4. The third-order valence-corrected chi connectivity index (χ3v) is 3.25. The van der Waals surface area contributed by atoms with Crippen LogP contribution in [0.2, 0.25) is 0 Å². The van der Waals surface area contributed by atoms with Crippen molar-refractivity contribution in [3.8, 4) is 0 Å². The van der Waals surface area contributed by atoms with E-state index in [2.05, 4.69) is 5.32 Å². The standard InChI is InChI=1S/C11H18N2O3S/c1-2-17-8-6-9(11(14)15)12-10-5-3-4-7-13(10)16/h3-5,9,12,16H,2,6-8H2,1H3,(H,14,15)/t9-/m0/s1. The van der Waals surface area contributed by atoms with Gasteiger partial charge >= 0.3 is 5.97 Å². The third kappa shape index (κ3) is 4.70. The molecule has 0 unspecified atom stereocenters. The zero-order chi connectivity index (χ0) is 12.7. The average molecular weight is 258 g/mol. The molecule has 0 spiro atoms. The maximum atomic E-state index is 11.1. The Bertz CT molecular complexity index is 318. The number of hydroxylamine groups is 2. The van der Waals surface area contributed by atoms with Gasteiger partial charge in [-0.2, -0.15) is 11.8 Å². The maximum absolute atomic E-state index is 11.1. The SMILES string of the molecule is CCSCC[C@H](NC1=CC=CCN1O)C(=O)O. The van der Waals surface area contributed by atoms with Crippen molar-refractivity contribution in [1.29, 1.82) is 0 Å². The fraction of sp³-hybridized carbons (Fsp3) is 0.545. The summed E-state index contributed by atoms with van der Waals surface area (Å²) in [5.41, 5.74) is 0. The largest absolute Gasteiger partial charge is 0.480 e. The zero-order valence-corrected chi connectivity index (χ0v) is 10.6. The molecule has 1 atom stereocenters. The first-order chi connectivity index (χ1) is 8.15. The van der Waals surface area contributed by atoms with Gasteiger partial charge in [-0.25, -0.2) is 9.86 Å². The lowest BCUT2D eigenvalue weighted by molar-refractivity contribution is -0.140. The lowest BCUT2D eigenvalue weighted by atomic mass is 10.2. The Labute approximate surface area is 105 Å². The van der Waals surface area contributed by atoms with Gasteiger partial charge in [-0.15, -0.1) is 0 Å². The molecule has 0 saturated carbocycles. The number of hydrogen-bond donors (Lipinski definition) is 3. The van der Waals surface area contributed by atoms with Crippen LogP contribution < -0.4 is 5.32 Å². The van der Waals surface area contributed by atoms with E-state index in [0.717, 1.165) is 16.6 Å². The highest BCUT2D eigenvalue weighted by Gasteiger charge is 2.20. The molecule has 1 rings (SSSR count). The summed E-state index contributed by atoms with van der Waals surface area (Å²) in [4.78, 5) is 11.1. The van der Waals surface area contributed by atoms with Gasteiger partial charge in [-0.05, 0) is 24.0 Å². The summed E-state index contributed by atoms with van der Waals surface area (Å²) in [5.74, 6) is 1.30. The average Bonchev–Trinajstić information content (AvgIpc) is 2.30. The number of carboxylic acid groups (broad SMARTS) is 1. The van der Waals surface area contributed by atoms with Crippen LogP contribution in [0.25, 0.3) is 0 Å². The third-order valence-electron chi connectivity index (χ3n) is 2.32. The van der Waals surface area contributed by atoms with E-state index in [1.165, 1.54) is 0 Å². The van der Waals surface area contributed by atoms with E-state index in [0.29, 0.717) is 18.8 Å². The van der Waals surface area contributed by atoms with E-state index in [1.54, 1.807) is 30.0 Å². The monoisotopic (exact) mass is 258 g/mol. The fourth-order valence-electron chi connectivity index (χ4n) is 1.41. The van der Waals surface area contributed by atoms with E-state index >= 15 is 0 Å². The van der Waals surface area contributed by atoms with Crippen LogP contribution in [0.15, 0.2) is 24.0 Å². The van der Waals surface area contributed by atoms with Crippen LogP contribution in [0.4, 0.5) is 0 Å². The molecule has 1 heterocycles. The van der Waals surface area contributed by atoms with Gasteiger partial charge in [0.1, 0.15) is 11.9 Å². The second kappa shape index (κ2) is 7.24. The number of carbonyl (C=O) groups is 1. The molecular formula is C11H18N2O3S. The molecule has 6 heteroatoms. The zero-order valence-electron chi connectivity index (χ0n) is 9.80. The highest BCUT2D eigenvalue weighted by Crippen LogP contribution is 2.09. The van der Waals surface area contributed by atoms with Gasteiger partial charge in [0.15, 0.2) is 0 Å². The molecule has 1 aliphatic heterocycles. The molecule has 0 aromatic rings. The minimum absolute atomic E-state index is 0.370. The first-order valence-electron chi connectivity index (χ1n) is 5.55. The number of aliphatic carboxylic acids is 1. The normalized spacial score (nSPS) is 16.6. The highest BCUT2D eigenvalue weighted by atomic mass is 32.2. The number of thioether (sulfide) groups is 1. The Kier molecular flexibility index (Phi) is 5.93. The molecular weight excluding hydrogens is 240 g/mol. The van der Waals surface area contributed by atoms with E-state index in [1.807, 2.05) is 6.92 Å². The summed E-state index contributed by atoms with van der Waals surface area (Å²) < 4.78 is 0. The van der Waals surface area contributed by atoms with Gasteiger partial charge in [0, 0.05) is 0 Å². The van der Waals surface area contributed by atoms with Crippen LogP contribution >= 0.6 is 11.8 Å². The van der Waals surface area contributed by atoms with Crippen molar-refractivity contribution < 1.29 is 15.1 Å².